The predicted octanol–water partition coefficient (Wildman–Crippen LogP) is 5.74. The Morgan fingerprint density at radius 1 is 1.18 bits per heavy atom. The molecule has 6 nitrogen and oxygen atoms in total. The van der Waals surface area contributed by atoms with Gasteiger partial charge in [-0.1, -0.05) is 46.2 Å². The molecule has 186 valence electrons. The van der Waals surface area contributed by atoms with Crippen molar-refractivity contribution in [2.75, 3.05) is 23.3 Å². The number of nitrogens with zero attached hydrogens (tertiary/aromatic N) is 3. The molecule has 1 aromatic carbocycles. The zero-order valence-electron chi connectivity index (χ0n) is 21.6. The third-order valence-electron chi connectivity index (χ3n) is 8.41. The standard InChI is InChI=1S/C27H39ClN4O2/c1-8-31(9-2)21-12-10-20(11-13-21)24(33)16-32-26(34)25(28)23(15-29-32)30-22-14-17(3)27(6,7)19(5)18(22)4/h10-13,15,17-19,22,30H,8-9,14,16H2,1-7H3/t17-,18+,19+,22+/m0/s1. The number of hydrogen-bond donors (Lipinski definition) is 1. The first kappa shape index (κ1) is 26.3. The van der Waals surface area contributed by atoms with E-state index in [1.807, 2.05) is 12.1 Å². The molecule has 4 atom stereocenters. The maximum Gasteiger partial charge on any atom is 0.288 e. The number of carbonyl (C=O) groups is 1. The lowest BCUT2D eigenvalue weighted by Gasteiger charge is -2.50. The third-order valence-corrected chi connectivity index (χ3v) is 8.78. The molecule has 0 spiro atoms. The quantitative estimate of drug-likeness (QED) is 0.481. The lowest BCUT2D eigenvalue weighted by molar-refractivity contribution is 0.0316. The number of Topliss-reactive ketones (excluding diaryl/α,β-unsaturated/α-hetero) is 1. The molecule has 2 aromatic rings. The van der Waals surface area contributed by atoms with Gasteiger partial charge in [-0.05, 0) is 67.7 Å². The van der Waals surface area contributed by atoms with Gasteiger partial charge in [-0.3, -0.25) is 9.59 Å². The van der Waals surface area contributed by atoms with Crippen molar-refractivity contribution < 1.29 is 4.79 Å². The average molecular weight is 487 g/mol. The van der Waals surface area contributed by atoms with E-state index in [0.717, 1.165) is 29.9 Å². The highest BCUT2D eigenvalue weighted by molar-refractivity contribution is 6.32. The molecule has 7 heteroatoms. The van der Waals surface area contributed by atoms with Gasteiger partial charge in [0.25, 0.3) is 5.56 Å². The van der Waals surface area contributed by atoms with Crippen molar-refractivity contribution in [1.29, 1.82) is 0 Å². The van der Waals surface area contributed by atoms with E-state index in [-0.39, 0.29) is 28.8 Å². The summed E-state index contributed by atoms with van der Waals surface area (Å²) < 4.78 is 1.15. The Morgan fingerprint density at radius 2 is 1.79 bits per heavy atom. The zero-order valence-corrected chi connectivity index (χ0v) is 22.3. The number of ketones is 1. The fourth-order valence-corrected chi connectivity index (χ4v) is 5.32. The molecule has 0 bridgehead atoms. The minimum atomic E-state index is -0.454. The summed E-state index contributed by atoms with van der Waals surface area (Å²) in [7, 11) is 0. The number of nitrogens with one attached hydrogen (secondary N) is 1. The second-order valence-electron chi connectivity index (χ2n) is 10.3. The van der Waals surface area contributed by atoms with Gasteiger partial charge in [-0.25, -0.2) is 4.68 Å². The van der Waals surface area contributed by atoms with Crippen molar-refractivity contribution in [2.24, 2.45) is 23.2 Å². The molecular weight excluding hydrogens is 448 g/mol. The molecule has 1 aliphatic carbocycles. The van der Waals surface area contributed by atoms with Crippen molar-refractivity contribution in [1.82, 2.24) is 9.78 Å². The van der Waals surface area contributed by atoms with Crippen molar-refractivity contribution in [3.8, 4) is 0 Å². The SMILES string of the molecule is CCN(CC)c1ccc(C(=O)Cn2ncc(N[C@@H]3C[C@H](C)C(C)(C)[C@H](C)[C@H]3C)c(Cl)c2=O)cc1. The van der Waals surface area contributed by atoms with Crippen molar-refractivity contribution in [3.63, 3.8) is 0 Å². The van der Waals surface area contributed by atoms with Crippen molar-refractivity contribution in [3.05, 3.63) is 51.4 Å². The van der Waals surface area contributed by atoms with E-state index in [9.17, 15) is 9.59 Å². The largest absolute Gasteiger partial charge is 0.379 e. The molecule has 0 aliphatic heterocycles. The summed E-state index contributed by atoms with van der Waals surface area (Å²) in [6.45, 7) is 17.3. The highest BCUT2D eigenvalue weighted by Crippen LogP contribution is 2.48. The van der Waals surface area contributed by atoms with Crippen LogP contribution in [0.5, 0.6) is 0 Å². The van der Waals surface area contributed by atoms with Crippen LogP contribution in [0.15, 0.2) is 35.3 Å². The van der Waals surface area contributed by atoms with E-state index in [1.165, 1.54) is 0 Å². The monoisotopic (exact) mass is 486 g/mol. The van der Waals surface area contributed by atoms with E-state index >= 15 is 0 Å². The van der Waals surface area contributed by atoms with Crippen LogP contribution in [-0.2, 0) is 6.54 Å². The zero-order chi connectivity index (χ0) is 25.2. The third kappa shape index (κ3) is 5.17. The van der Waals surface area contributed by atoms with E-state index < -0.39 is 5.56 Å². The first-order valence-corrected chi connectivity index (χ1v) is 12.8. The van der Waals surface area contributed by atoms with E-state index in [0.29, 0.717) is 29.0 Å². The van der Waals surface area contributed by atoms with Gasteiger partial charge in [-0.15, -0.1) is 0 Å². The second kappa shape index (κ2) is 10.5. The number of rotatable bonds is 8. The van der Waals surface area contributed by atoms with Gasteiger partial charge in [0.1, 0.15) is 11.6 Å². The van der Waals surface area contributed by atoms with Crippen LogP contribution in [0.3, 0.4) is 0 Å². The second-order valence-corrected chi connectivity index (χ2v) is 10.7. The molecule has 1 aromatic heterocycles. The lowest BCUT2D eigenvalue weighted by Crippen LogP contribution is -2.48. The fourth-order valence-electron chi connectivity index (χ4n) is 5.12. The summed E-state index contributed by atoms with van der Waals surface area (Å²) in [4.78, 5) is 27.9. The molecule has 1 N–H and O–H groups in total. The molecule has 0 unspecified atom stereocenters. The van der Waals surface area contributed by atoms with Crippen LogP contribution in [0.4, 0.5) is 11.4 Å². The van der Waals surface area contributed by atoms with Crippen molar-refractivity contribution >= 4 is 28.8 Å². The molecule has 0 radical (unpaired) electrons. The van der Waals surface area contributed by atoms with Gasteiger partial charge in [0.15, 0.2) is 5.78 Å². The average Bonchev–Trinajstić information content (AvgIpc) is 2.82. The number of aromatic nitrogens is 2. The van der Waals surface area contributed by atoms with Gasteiger partial charge >= 0.3 is 0 Å². The van der Waals surface area contributed by atoms with Crippen LogP contribution < -0.4 is 15.8 Å². The Morgan fingerprint density at radius 3 is 2.38 bits per heavy atom. The van der Waals surface area contributed by atoms with Gasteiger partial charge < -0.3 is 10.2 Å². The Labute approximate surface area is 208 Å². The molecule has 1 heterocycles. The summed E-state index contributed by atoms with van der Waals surface area (Å²) in [6.07, 6.45) is 2.57. The van der Waals surface area contributed by atoms with Crippen LogP contribution in [0.2, 0.25) is 5.02 Å². The maximum atomic E-state index is 12.9. The van der Waals surface area contributed by atoms with Crippen LogP contribution in [0, 0.1) is 23.2 Å². The molecule has 1 saturated carbocycles. The van der Waals surface area contributed by atoms with E-state index in [2.05, 4.69) is 63.8 Å². The Balaban J connectivity index is 1.73. The van der Waals surface area contributed by atoms with Crippen LogP contribution in [-0.4, -0.2) is 34.7 Å². The number of benzene rings is 1. The molecule has 3 rings (SSSR count). The van der Waals surface area contributed by atoms with Gasteiger partial charge in [0, 0.05) is 30.4 Å². The Kier molecular flexibility index (Phi) is 8.12. The first-order chi connectivity index (χ1) is 16.0. The fraction of sp³-hybridized carbons (Fsp3) is 0.593. The molecule has 1 fully saturated rings. The highest BCUT2D eigenvalue weighted by Gasteiger charge is 2.43. The molecule has 0 saturated heterocycles. The first-order valence-electron chi connectivity index (χ1n) is 12.4. The van der Waals surface area contributed by atoms with Gasteiger partial charge in [0.2, 0.25) is 0 Å². The van der Waals surface area contributed by atoms with Crippen molar-refractivity contribution in [2.45, 2.75) is 67.5 Å². The Bertz CT molecular complexity index is 1060. The minimum Gasteiger partial charge on any atom is -0.379 e. The number of hydrogen-bond acceptors (Lipinski definition) is 5. The molecule has 0 amide bonds. The number of anilines is 2. The van der Waals surface area contributed by atoms with Crippen LogP contribution >= 0.6 is 11.6 Å². The van der Waals surface area contributed by atoms with Crippen LogP contribution in [0.25, 0.3) is 0 Å². The minimum absolute atomic E-state index is 0.0806. The molecule has 34 heavy (non-hydrogen) atoms. The number of carbonyl (C=O) groups excluding carboxylic acids is 1. The summed E-state index contributed by atoms with van der Waals surface area (Å²) >= 11 is 6.46. The molecule has 1 aliphatic rings. The molecular formula is C27H39ClN4O2. The predicted molar refractivity (Wildman–Crippen MR) is 141 cm³/mol. The maximum absolute atomic E-state index is 12.9. The lowest BCUT2D eigenvalue weighted by atomic mass is 9.58. The summed E-state index contributed by atoms with van der Waals surface area (Å²) in [5.41, 5.74) is 1.95. The summed E-state index contributed by atoms with van der Waals surface area (Å²) in [6, 6.07) is 7.68. The Hall–Kier alpha value is -2.34. The van der Waals surface area contributed by atoms with Gasteiger partial charge in [0.05, 0.1) is 11.9 Å². The normalized spacial score (nSPS) is 24.0. The van der Waals surface area contributed by atoms with E-state index in [1.54, 1.807) is 18.3 Å². The van der Waals surface area contributed by atoms with Gasteiger partial charge in [-0.2, -0.15) is 5.10 Å². The summed E-state index contributed by atoms with van der Waals surface area (Å²) in [5, 5.41) is 7.82. The highest BCUT2D eigenvalue weighted by atomic mass is 35.5. The topological polar surface area (TPSA) is 67.2 Å². The number of halogens is 1. The van der Waals surface area contributed by atoms with Crippen LogP contribution in [0.1, 0.15) is 65.2 Å². The summed E-state index contributed by atoms with van der Waals surface area (Å²) in [5.74, 6) is 1.30. The smallest absolute Gasteiger partial charge is 0.288 e. The van der Waals surface area contributed by atoms with E-state index in [4.69, 9.17) is 11.6 Å².